The Kier molecular flexibility index (Phi) is 8.22. The van der Waals surface area contributed by atoms with Crippen molar-refractivity contribution in [3.05, 3.63) is 81.3 Å². The largest absolute Gasteiger partial charge is 0.493 e. The molecule has 1 amide bonds. The van der Waals surface area contributed by atoms with E-state index in [0.29, 0.717) is 34.5 Å². The van der Waals surface area contributed by atoms with Gasteiger partial charge in [0.05, 0.1) is 6.61 Å². The summed E-state index contributed by atoms with van der Waals surface area (Å²) in [7, 11) is 0. The van der Waals surface area contributed by atoms with Crippen LogP contribution >= 0.6 is 22.9 Å². The minimum Gasteiger partial charge on any atom is -0.493 e. The minimum atomic E-state index is -0.502. The highest BCUT2D eigenvalue weighted by Crippen LogP contribution is 2.24. The summed E-state index contributed by atoms with van der Waals surface area (Å²) in [6, 6.07) is 16.9. The molecule has 3 rings (SSSR count). The van der Waals surface area contributed by atoms with Crippen LogP contribution in [0.15, 0.2) is 60.3 Å². The van der Waals surface area contributed by atoms with Gasteiger partial charge < -0.3 is 4.74 Å². The topological polar surface area (TPSA) is 75.0 Å². The molecular weight excluding hydrogens is 430 g/mol. The number of nitrogens with zero attached hydrogens (tertiary/aromatic N) is 2. The van der Waals surface area contributed by atoms with Gasteiger partial charge in [0.1, 0.15) is 17.4 Å². The van der Waals surface area contributed by atoms with Crippen molar-refractivity contribution >= 4 is 40.1 Å². The zero-order chi connectivity index (χ0) is 22.1. The molecule has 0 bridgehead atoms. The molecule has 0 saturated heterocycles. The Morgan fingerprint density at radius 2 is 2.03 bits per heavy atom. The normalized spacial score (nSPS) is 11.1. The van der Waals surface area contributed by atoms with Gasteiger partial charge in [-0.3, -0.25) is 10.1 Å². The van der Waals surface area contributed by atoms with Gasteiger partial charge >= 0.3 is 0 Å². The smallest absolute Gasteiger partial charge is 0.268 e. The SMILES string of the molecule is CCCCOc1ccccc1C=C(C#N)C(=O)Nc1ncc(Cc2ccc(Cl)cc2)s1. The van der Waals surface area contributed by atoms with Gasteiger partial charge in [-0.1, -0.05) is 55.3 Å². The van der Waals surface area contributed by atoms with Crippen LogP contribution in [-0.4, -0.2) is 17.5 Å². The number of nitriles is 1. The average molecular weight is 452 g/mol. The highest BCUT2D eigenvalue weighted by Gasteiger charge is 2.13. The fourth-order valence-corrected chi connectivity index (χ4v) is 3.74. The number of benzene rings is 2. The summed E-state index contributed by atoms with van der Waals surface area (Å²) in [5, 5.41) is 13.4. The van der Waals surface area contributed by atoms with Crippen molar-refractivity contribution < 1.29 is 9.53 Å². The monoisotopic (exact) mass is 451 g/mol. The number of hydrogen-bond acceptors (Lipinski definition) is 5. The van der Waals surface area contributed by atoms with E-state index in [4.69, 9.17) is 16.3 Å². The van der Waals surface area contributed by atoms with Crippen LogP contribution < -0.4 is 10.1 Å². The van der Waals surface area contributed by atoms with Gasteiger partial charge in [0.15, 0.2) is 5.13 Å². The van der Waals surface area contributed by atoms with E-state index in [9.17, 15) is 10.1 Å². The molecule has 0 aliphatic rings. The predicted octanol–water partition coefficient (Wildman–Crippen LogP) is 6.11. The number of ether oxygens (including phenoxy) is 1. The quantitative estimate of drug-likeness (QED) is 0.242. The molecule has 31 heavy (non-hydrogen) atoms. The molecule has 1 heterocycles. The molecule has 158 valence electrons. The molecule has 7 heteroatoms. The number of nitrogens with one attached hydrogen (secondary N) is 1. The molecule has 0 unspecified atom stereocenters. The lowest BCUT2D eigenvalue weighted by molar-refractivity contribution is -0.112. The van der Waals surface area contributed by atoms with E-state index in [1.165, 1.54) is 11.3 Å². The van der Waals surface area contributed by atoms with Gasteiger partial charge in [-0.2, -0.15) is 5.26 Å². The fourth-order valence-electron chi connectivity index (χ4n) is 2.78. The first-order chi connectivity index (χ1) is 15.1. The molecule has 0 aliphatic carbocycles. The zero-order valence-corrected chi connectivity index (χ0v) is 18.7. The van der Waals surface area contributed by atoms with Gasteiger partial charge in [-0.15, -0.1) is 11.3 Å². The number of rotatable bonds is 9. The van der Waals surface area contributed by atoms with Crippen LogP contribution in [0.3, 0.4) is 0 Å². The summed E-state index contributed by atoms with van der Waals surface area (Å²) in [4.78, 5) is 17.9. The zero-order valence-electron chi connectivity index (χ0n) is 17.1. The Hall–Kier alpha value is -3.14. The molecule has 2 aromatic carbocycles. The van der Waals surface area contributed by atoms with Crippen molar-refractivity contribution in [1.29, 1.82) is 5.26 Å². The third kappa shape index (κ3) is 6.68. The van der Waals surface area contributed by atoms with E-state index in [1.807, 2.05) is 54.6 Å². The molecule has 0 spiro atoms. The molecule has 0 aliphatic heterocycles. The van der Waals surface area contributed by atoms with Gasteiger partial charge in [-0.05, 0) is 36.3 Å². The number of carbonyl (C=O) groups excluding carboxylic acids is 1. The van der Waals surface area contributed by atoms with Crippen LogP contribution in [0, 0.1) is 11.3 Å². The molecule has 0 radical (unpaired) electrons. The standard InChI is InChI=1S/C24H22ClN3O2S/c1-2-3-12-30-22-7-5-4-6-18(22)14-19(15-26)23(29)28-24-27-16-21(31-24)13-17-8-10-20(25)11-9-17/h4-11,14,16H,2-3,12-13H2,1H3,(H,27,28,29). The molecule has 1 aromatic heterocycles. The van der Waals surface area contributed by atoms with Crippen molar-refractivity contribution in [2.45, 2.75) is 26.2 Å². The second-order valence-electron chi connectivity index (χ2n) is 6.80. The third-order valence-electron chi connectivity index (χ3n) is 4.41. The summed E-state index contributed by atoms with van der Waals surface area (Å²) >= 11 is 7.30. The van der Waals surface area contributed by atoms with Crippen molar-refractivity contribution in [3.63, 3.8) is 0 Å². The van der Waals surface area contributed by atoms with E-state index >= 15 is 0 Å². The van der Waals surface area contributed by atoms with Crippen LogP contribution in [0.4, 0.5) is 5.13 Å². The van der Waals surface area contributed by atoms with Crippen LogP contribution in [0.5, 0.6) is 5.75 Å². The second-order valence-corrected chi connectivity index (χ2v) is 8.35. The number of thiazole rings is 1. The Bertz CT molecular complexity index is 1100. The summed E-state index contributed by atoms with van der Waals surface area (Å²) in [6.45, 7) is 2.68. The molecule has 1 N–H and O–H groups in total. The van der Waals surface area contributed by atoms with E-state index in [1.54, 1.807) is 12.3 Å². The molecule has 5 nitrogen and oxygen atoms in total. The lowest BCUT2D eigenvalue weighted by atomic mass is 10.1. The highest BCUT2D eigenvalue weighted by atomic mass is 35.5. The number of para-hydroxylation sites is 1. The predicted molar refractivity (Wildman–Crippen MR) is 125 cm³/mol. The van der Waals surface area contributed by atoms with Gasteiger partial charge in [-0.25, -0.2) is 4.98 Å². The second kappa shape index (κ2) is 11.3. The Balaban J connectivity index is 1.69. The van der Waals surface area contributed by atoms with Crippen molar-refractivity contribution in [3.8, 4) is 11.8 Å². The summed E-state index contributed by atoms with van der Waals surface area (Å²) in [5.41, 5.74) is 1.78. The summed E-state index contributed by atoms with van der Waals surface area (Å²) in [5.74, 6) is 0.147. The lowest BCUT2D eigenvalue weighted by Crippen LogP contribution is -2.13. The molecule has 3 aromatic rings. The van der Waals surface area contributed by atoms with E-state index in [2.05, 4.69) is 17.2 Å². The Morgan fingerprint density at radius 1 is 1.26 bits per heavy atom. The van der Waals surface area contributed by atoms with Crippen LogP contribution in [-0.2, 0) is 11.2 Å². The molecule has 0 fully saturated rings. The maximum atomic E-state index is 12.6. The molecular formula is C24H22ClN3O2S. The van der Waals surface area contributed by atoms with Gasteiger partial charge in [0.25, 0.3) is 5.91 Å². The van der Waals surface area contributed by atoms with Crippen molar-refractivity contribution in [2.75, 3.05) is 11.9 Å². The first-order valence-electron chi connectivity index (χ1n) is 9.93. The number of hydrogen-bond donors (Lipinski definition) is 1. The van der Waals surface area contributed by atoms with Crippen molar-refractivity contribution in [1.82, 2.24) is 4.98 Å². The Morgan fingerprint density at radius 3 is 2.77 bits per heavy atom. The Labute approximate surface area is 191 Å². The average Bonchev–Trinajstić information content (AvgIpc) is 3.21. The number of amides is 1. The molecule has 0 saturated carbocycles. The number of halogens is 1. The van der Waals surface area contributed by atoms with Crippen molar-refractivity contribution in [2.24, 2.45) is 0 Å². The fraction of sp³-hybridized carbons (Fsp3) is 0.208. The number of carbonyl (C=O) groups is 1. The third-order valence-corrected chi connectivity index (χ3v) is 5.57. The first kappa shape index (κ1) is 22.5. The van der Waals surface area contributed by atoms with Crippen LogP contribution in [0.2, 0.25) is 5.02 Å². The minimum absolute atomic E-state index is 0.0130. The number of unbranched alkanes of at least 4 members (excludes halogenated alkanes) is 1. The lowest BCUT2D eigenvalue weighted by Gasteiger charge is -2.09. The van der Waals surface area contributed by atoms with Crippen LogP contribution in [0.25, 0.3) is 6.08 Å². The first-order valence-corrected chi connectivity index (χ1v) is 11.1. The molecule has 0 atom stereocenters. The van der Waals surface area contributed by atoms with E-state index in [0.717, 1.165) is 23.3 Å². The number of aromatic nitrogens is 1. The summed E-state index contributed by atoms with van der Waals surface area (Å²) < 4.78 is 5.78. The maximum absolute atomic E-state index is 12.6. The van der Waals surface area contributed by atoms with Gasteiger partial charge in [0, 0.05) is 28.1 Å². The summed E-state index contributed by atoms with van der Waals surface area (Å²) in [6.07, 6.45) is 5.91. The van der Waals surface area contributed by atoms with Gasteiger partial charge in [0.2, 0.25) is 0 Å². The highest BCUT2D eigenvalue weighted by molar-refractivity contribution is 7.15. The van der Waals surface area contributed by atoms with Crippen LogP contribution in [0.1, 0.15) is 35.8 Å². The van der Waals surface area contributed by atoms with E-state index in [-0.39, 0.29) is 5.57 Å². The van der Waals surface area contributed by atoms with E-state index < -0.39 is 5.91 Å². The number of anilines is 1. The maximum Gasteiger partial charge on any atom is 0.268 e.